The second-order valence-corrected chi connectivity index (χ2v) is 7.87. The molecule has 1 amide bonds. The lowest BCUT2D eigenvalue weighted by atomic mass is 10.1. The molecule has 5 nitrogen and oxygen atoms in total. The quantitative estimate of drug-likeness (QED) is 0.921. The monoisotopic (exact) mass is 349 g/mol. The molecule has 1 atom stereocenters. The van der Waals surface area contributed by atoms with Crippen LogP contribution in [0.5, 0.6) is 11.5 Å². The van der Waals surface area contributed by atoms with Crippen LogP contribution in [0.2, 0.25) is 0 Å². The molecule has 7 heteroatoms. The van der Waals surface area contributed by atoms with Crippen LogP contribution in [0.1, 0.15) is 6.42 Å². The number of carbonyl (C=O) groups excluding carboxylic acids is 1. The van der Waals surface area contributed by atoms with E-state index >= 15 is 0 Å². The van der Waals surface area contributed by atoms with Gasteiger partial charge in [0.05, 0.1) is 23.1 Å². The molecule has 126 valence electrons. The summed E-state index contributed by atoms with van der Waals surface area (Å²) >= 11 is 0. The van der Waals surface area contributed by atoms with Gasteiger partial charge in [-0.25, -0.2) is 12.8 Å². The predicted octanol–water partition coefficient (Wildman–Crippen LogP) is 2.99. The van der Waals surface area contributed by atoms with Crippen LogP contribution in [0.3, 0.4) is 0 Å². The van der Waals surface area contributed by atoms with Crippen molar-refractivity contribution in [3.8, 4) is 11.5 Å². The molecule has 24 heavy (non-hydrogen) atoms. The lowest BCUT2D eigenvalue weighted by Gasteiger charge is -2.14. The molecule has 1 aliphatic rings. The highest BCUT2D eigenvalue weighted by Gasteiger charge is 2.33. The van der Waals surface area contributed by atoms with Crippen LogP contribution in [0.15, 0.2) is 48.5 Å². The molecule has 0 spiro atoms. The number of halogens is 1. The minimum Gasteiger partial charge on any atom is -0.455 e. The van der Waals surface area contributed by atoms with E-state index in [1.807, 2.05) is 0 Å². The summed E-state index contributed by atoms with van der Waals surface area (Å²) in [6, 6.07) is 12.4. The summed E-state index contributed by atoms with van der Waals surface area (Å²) in [5, 5.41) is 2.70. The number of ether oxygens (including phenoxy) is 1. The van der Waals surface area contributed by atoms with Gasteiger partial charge in [0.15, 0.2) is 15.6 Å². The van der Waals surface area contributed by atoms with E-state index in [2.05, 4.69) is 5.32 Å². The lowest BCUT2D eigenvalue weighted by Crippen LogP contribution is -2.23. The molecule has 2 aromatic rings. The Morgan fingerprint density at radius 3 is 2.67 bits per heavy atom. The third-order valence-electron chi connectivity index (χ3n) is 3.77. The predicted molar refractivity (Wildman–Crippen MR) is 88.3 cm³/mol. The molecular formula is C17H16FNO4S. The molecule has 1 heterocycles. The first kappa shape index (κ1) is 16.4. The molecule has 0 aliphatic carbocycles. The first-order chi connectivity index (χ1) is 11.4. The number of hydrogen-bond acceptors (Lipinski definition) is 4. The van der Waals surface area contributed by atoms with Gasteiger partial charge in [-0.3, -0.25) is 4.79 Å². The van der Waals surface area contributed by atoms with E-state index in [1.54, 1.807) is 30.3 Å². The second kappa shape index (κ2) is 6.60. The number of amides is 1. The number of para-hydroxylation sites is 2. The summed E-state index contributed by atoms with van der Waals surface area (Å²) in [4.78, 5) is 12.3. The molecule has 0 bridgehead atoms. The third-order valence-corrected chi connectivity index (χ3v) is 5.54. The Morgan fingerprint density at radius 2 is 1.96 bits per heavy atom. The van der Waals surface area contributed by atoms with Crippen LogP contribution in [0, 0.1) is 11.7 Å². The van der Waals surface area contributed by atoms with E-state index < -0.39 is 21.6 Å². The number of hydrogen-bond donors (Lipinski definition) is 1. The first-order valence-electron chi connectivity index (χ1n) is 7.47. The van der Waals surface area contributed by atoms with E-state index in [0.717, 1.165) is 0 Å². The Bertz CT molecular complexity index is 866. The Balaban J connectivity index is 1.76. The topological polar surface area (TPSA) is 72.5 Å². The second-order valence-electron chi connectivity index (χ2n) is 5.64. The van der Waals surface area contributed by atoms with Gasteiger partial charge in [0.1, 0.15) is 11.6 Å². The highest BCUT2D eigenvalue weighted by atomic mass is 32.2. The van der Waals surface area contributed by atoms with Crippen LogP contribution >= 0.6 is 0 Å². The summed E-state index contributed by atoms with van der Waals surface area (Å²) in [6.45, 7) is 0. The van der Waals surface area contributed by atoms with Gasteiger partial charge >= 0.3 is 0 Å². The summed E-state index contributed by atoms with van der Waals surface area (Å²) in [7, 11) is -3.13. The van der Waals surface area contributed by atoms with Crippen LogP contribution in [-0.4, -0.2) is 25.8 Å². The minimum atomic E-state index is -3.13. The number of rotatable bonds is 4. The summed E-state index contributed by atoms with van der Waals surface area (Å²) in [6.07, 6.45) is 0.321. The highest BCUT2D eigenvalue weighted by Crippen LogP contribution is 2.30. The summed E-state index contributed by atoms with van der Waals surface area (Å²) < 4.78 is 41.9. The van der Waals surface area contributed by atoms with Crippen molar-refractivity contribution < 1.29 is 22.3 Å². The van der Waals surface area contributed by atoms with Gasteiger partial charge in [-0.2, -0.15) is 0 Å². The maximum atomic E-state index is 13.3. The number of benzene rings is 2. The fraction of sp³-hybridized carbons (Fsp3) is 0.235. The van der Waals surface area contributed by atoms with Crippen molar-refractivity contribution in [2.45, 2.75) is 6.42 Å². The standard InChI is InChI=1S/C17H16FNO4S/c18-13-4-3-5-14(10-13)23-16-7-2-1-6-15(16)19-17(20)12-8-9-24(21,22)11-12/h1-7,10,12H,8-9,11H2,(H,19,20)/t12-/m0/s1. The van der Waals surface area contributed by atoms with Crippen LogP contribution < -0.4 is 10.1 Å². The number of nitrogens with one attached hydrogen (secondary N) is 1. The van der Waals surface area contributed by atoms with Crippen molar-refractivity contribution in [2.75, 3.05) is 16.8 Å². The molecule has 1 N–H and O–H groups in total. The van der Waals surface area contributed by atoms with Gasteiger partial charge in [-0.05, 0) is 30.7 Å². The zero-order valence-corrected chi connectivity index (χ0v) is 13.6. The molecule has 0 saturated carbocycles. The SMILES string of the molecule is O=C(Nc1ccccc1Oc1cccc(F)c1)[C@H]1CCS(=O)(=O)C1. The number of carbonyl (C=O) groups is 1. The minimum absolute atomic E-state index is 0.0343. The Labute approximate surface area is 139 Å². The van der Waals surface area contributed by atoms with E-state index in [1.165, 1.54) is 18.2 Å². The summed E-state index contributed by atoms with van der Waals surface area (Å²) in [5.74, 6) is -0.774. The first-order valence-corrected chi connectivity index (χ1v) is 9.29. The molecule has 1 fully saturated rings. The average Bonchev–Trinajstić information content (AvgIpc) is 2.89. The van der Waals surface area contributed by atoms with E-state index in [0.29, 0.717) is 23.6 Å². The maximum Gasteiger partial charge on any atom is 0.228 e. The van der Waals surface area contributed by atoms with E-state index in [9.17, 15) is 17.6 Å². The molecule has 1 saturated heterocycles. The van der Waals surface area contributed by atoms with Gasteiger partial charge in [0.2, 0.25) is 5.91 Å². The van der Waals surface area contributed by atoms with Crippen molar-refractivity contribution in [1.29, 1.82) is 0 Å². The van der Waals surface area contributed by atoms with Gasteiger partial charge in [0, 0.05) is 6.07 Å². The van der Waals surface area contributed by atoms with Crippen molar-refractivity contribution in [3.05, 3.63) is 54.3 Å². The third kappa shape index (κ3) is 3.91. The zero-order valence-electron chi connectivity index (χ0n) is 12.7. The van der Waals surface area contributed by atoms with Crippen LogP contribution in [0.25, 0.3) is 0 Å². The van der Waals surface area contributed by atoms with Crippen molar-refractivity contribution >= 4 is 21.4 Å². The number of anilines is 1. The Morgan fingerprint density at radius 1 is 1.17 bits per heavy atom. The lowest BCUT2D eigenvalue weighted by molar-refractivity contribution is -0.119. The highest BCUT2D eigenvalue weighted by molar-refractivity contribution is 7.91. The number of sulfone groups is 1. The van der Waals surface area contributed by atoms with Gasteiger partial charge in [-0.1, -0.05) is 18.2 Å². The van der Waals surface area contributed by atoms with Crippen molar-refractivity contribution in [3.63, 3.8) is 0 Å². The van der Waals surface area contributed by atoms with E-state index in [-0.39, 0.29) is 17.4 Å². The fourth-order valence-corrected chi connectivity index (χ4v) is 4.29. The van der Waals surface area contributed by atoms with Crippen molar-refractivity contribution in [2.24, 2.45) is 5.92 Å². The average molecular weight is 349 g/mol. The molecule has 2 aromatic carbocycles. The molecule has 3 rings (SSSR count). The molecule has 1 aliphatic heterocycles. The summed E-state index contributed by atoms with van der Waals surface area (Å²) in [5.41, 5.74) is 0.413. The normalized spacial score (nSPS) is 19.0. The fourth-order valence-electron chi connectivity index (χ4n) is 2.55. The van der Waals surface area contributed by atoms with Crippen molar-refractivity contribution in [1.82, 2.24) is 0 Å². The van der Waals surface area contributed by atoms with Crippen LogP contribution in [-0.2, 0) is 14.6 Å². The molecule has 0 aromatic heterocycles. The van der Waals surface area contributed by atoms with E-state index in [4.69, 9.17) is 4.74 Å². The largest absolute Gasteiger partial charge is 0.455 e. The molecule has 0 radical (unpaired) electrons. The molecule has 0 unspecified atom stereocenters. The Hall–Kier alpha value is -2.41. The van der Waals surface area contributed by atoms with Gasteiger partial charge in [-0.15, -0.1) is 0 Å². The molecular weight excluding hydrogens is 333 g/mol. The smallest absolute Gasteiger partial charge is 0.228 e. The zero-order chi connectivity index (χ0) is 17.2. The van der Waals surface area contributed by atoms with Gasteiger partial charge < -0.3 is 10.1 Å². The maximum absolute atomic E-state index is 13.3. The van der Waals surface area contributed by atoms with Crippen LogP contribution in [0.4, 0.5) is 10.1 Å². The Kier molecular flexibility index (Phi) is 4.53. The van der Waals surface area contributed by atoms with Gasteiger partial charge in [0.25, 0.3) is 0 Å².